The molecule has 0 aliphatic heterocycles. The maximum absolute atomic E-state index is 10.7. The summed E-state index contributed by atoms with van der Waals surface area (Å²) in [5, 5.41) is -0.493. The Hall–Kier alpha value is -1.36. The molecule has 0 aliphatic rings. The van der Waals surface area contributed by atoms with E-state index in [9.17, 15) is 4.79 Å². The molecule has 0 radical (unpaired) electrons. The third kappa shape index (κ3) is 1.08. The van der Waals surface area contributed by atoms with E-state index in [1.54, 1.807) is 18.3 Å². The predicted octanol–water partition coefficient (Wildman–Crippen LogP) is 1.29. The van der Waals surface area contributed by atoms with Crippen molar-refractivity contribution in [1.29, 1.82) is 0 Å². The minimum atomic E-state index is -0.493. The zero-order valence-electron chi connectivity index (χ0n) is 5.89. The fraction of sp³-hybridized carbons (Fsp3) is 0. The topological polar surface area (TPSA) is 56.0 Å². The van der Waals surface area contributed by atoms with Gasteiger partial charge in [-0.05, 0) is 12.1 Å². The number of hydrogen-bond acceptors (Lipinski definition) is 4. The van der Waals surface area contributed by atoms with E-state index in [0.717, 1.165) is 0 Å². The summed E-state index contributed by atoms with van der Waals surface area (Å²) in [5.41, 5.74) is 0.921. The molecule has 0 N–H and O–H groups in total. The number of oxazole rings is 1. The predicted molar refractivity (Wildman–Crippen MR) is 45.1 cm³/mol. The summed E-state index contributed by atoms with van der Waals surface area (Å²) in [6, 6.07) is 3.40. The maximum atomic E-state index is 10.7. The van der Waals surface area contributed by atoms with E-state index in [0.29, 0.717) is 11.2 Å². The van der Waals surface area contributed by atoms with Gasteiger partial charge in [-0.1, -0.05) is 12.6 Å². The van der Waals surface area contributed by atoms with Crippen LogP contribution in [0.15, 0.2) is 22.7 Å². The van der Waals surface area contributed by atoms with Crippen LogP contribution >= 0.6 is 12.6 Å². The first-order chi connectivity index (χ1) is 5.77. The third-order valence-corrected chi connectivity index (χ3v) is 1.54. The first kappa shape index (κ1) is 7.30. The Bertz CT molecular complexity index is 405. The molecule has 5 heteroatoms. The summed E-state index contributed by atoms with van der Waals surface area (Å²) in [6.45, 7) is 0. The molecule has 60 valence electrons. The molecule has 2 aromatic heterocycles. The first-order valence-corrected chi connectivity index (χ1v) is 3.67. The minimum absolute atomic E-state index is 0.0213. The molecular weight excluding hydrogens is 176 g/mol. The number of rotatable bonds is 1. The lowest BCUT2D eigenvalue weighted by molar-refractivity contribution is 0.106. The van der Waals surface area contributed by atoms with Crippen LogP contribution < -0.4 is 0 Å². The van der Waals surface area contributed by atoms with E-state index in [2.05, 4.69) is 22.6 Å². The van der Waals surface area contributed by atoms with Gasteiger partial charge in [-0.2, -0.15) is 4.98 Å². The number of hydrogen-bond donors (Lipinski definition) is 1. The monoisotopic (exact) mass is 180 g/mol. The Labute approximate surface area is 73.0 Å². The number of carbonyl (C=O) groups is 1. The van der Waals surface area contributed by atoms with E-state index >= 15 is 0 Å². The van der Waals surface area contributed by atoms with Crippen LogP contribution in [0.3, 0.4) is 0 Å². The second kappa shape index (κ2) is 2.60. The number of thiol groups is 1. The largest absolute Gasteiger partial charge is 0.431 e. The van der Waals surface area contributed by atoms with Gasteiger partial charge in [0.15, 0.2) is 11.2 Å². The van der Waals surface area contributed by atoms with Crippen LogP contribution in [-0.2, 0) is 0 Å². The zero-order valence-corrected chi connectivity index (χ0v) is 6.78. The van der Waals surface area contributed by atoms with Gasteiger partial charge in [-0.15, -0.1) is 0 Å². The van der Waals surface area contributed by atoms with Gasteiger partial charge in [0.05, 0.1) is 0 Å². The number of carbonyl (C=O) groups excluding carboxylic acids is 1. The second-order valence-corrected chi connectivity index (χ2v) is 2.56. The molecule has 0 unspecified atom stereocenters. The Morgan fingerprint density at radius 3 is 3.08 bits per heavy atom. The van der Waals surface area contributed by atoms with Gasteiger partial charge >= 0.3 is 0 Å². The Morgan fingerprint density at radius 1 is 1.58 bits per heavy atom. The van der Waals surface area contributed by atoms with Gasteiger partial charge in [-0.25, -0.2) is 4.98 Å². The lowest BCUT2D eigenvalue weighted by Crippen LogP contribution is -1.86. The molecule has 2 heterocycles. The average Bonchev–Trinajstić information content (AvgIpc) is 2.46. The first-order valence-electron chi connectivity index (χ1n) is 3.22. The molecule has 0 saturated carbocycles. The number of fused-ring (bicyclic) bond motifs is 1. The van der Waals surface area contributed by atoms with Crippen molar-refractivity contribution in [2.75, 3.05) is 0 Å². The van der Waals surface area contributed by atoms with Crippen LogP contribution in [0, 0.1) is 0 Å². The minimum Gasteiger partial charge on any atom is -0.431 e. The van der Waals surface area contributed by atoms with E-state index in [1.165, 1.54) is 0 Å². The average molecular weight is 180 g/mol. The summed E-state index contributed by atoms with van der Waals surface area (Å²) >= 11 is 3.58. The van der Waals surface area contributed by atoms with Gasteiger partial charge in [0.2, 0.25) is 0 Å². The van der Waals surface area contributed by atoms with Crippen molar-refractivity contribution in [3.05, 3.63) is 24.2 Å². The molecular formula is C7H4N2O2S. The summed E-state index contributed by atoms with van der Waals surface area (Å²) < 4.78 is 5.03. The summed E-state index contributed by atoms with van der Waals surface area (Å²) in [4.78, 5) is 18.4. The van der Waals surface area contributed by atoms with Crippen molar-refractivity contribution >= 4 is 29.0 Å². The van der Waals surface area contributed by atoms with Gasteiger partial charge in [0.25, 0.3) is 11.0 Å². The maximum Gasteiger partial charge on any atom is 0.277 e. The van der Waals surface area contributed by atoms with Gasteiger partial charge in [-0.3, -0.25) is 4.79 Å². The van der Waals surface area contributed by atoms with Crippen LogP contribution in [0.5, 0.6) is 0 Å². The molecule has 0 saturated heterocycles. The molecule has 2 aromatic rings. The molecule has 2 rings (SSSR count). The number of pyridine rings is 1. The fourth-order valence-electron chi connectivity index (χ4n) is 0.860. The summed E-state index contributed by atoms with van der Waals surface area (Å²) in [7, 11) is 0. The van der Waals surface area contributed by atoms with Crippen molar-refractivity contribution in [3.8, 4) is 0 Å². The van der Waals surface area contributed by atoms with E-state index in [4.69, 9.17) is 4.42 Å². The highest BCUT2D eigenvalue weighted by atomic mass is 32.1. The van der Waals surface area contributed by atoms with Gasteiger partial charge < -0.3 is 4.42 Å². The fourth-order valence-corrected chi connectivity index (χ4v) is 0.956. The Balaban J connectivity index is 2.70. The highest BCUT2D eigenvalue weighted by Crippen LogP contribution is 2.12. The molecule has 12 heavy (non-hydrogen) atoms. The molecule has 0 spiro atoms. The zero-order chi connectivity index (χ0) is 8.55. The summed E-state index contributed by atoms with van der Waals surface area (Å²) in [6.07, 6.45) is 1.58. The van der Waals surface area contributed by atoms with E-state index in [-0.39, 0.29) is 5.89 Å². The van der Waals surface area contributed by atoms with Crippen LogP contribution in [0.1, 0.15) is 10.7 Å². The molecule has 0 aliphatic carbocycles. The van der Waals surface area contributed by atoms with Crippen LogP contribution in [0.2, 0.25) is 0 Å². The highest BCUT2D eigenvalue weighted by molar-refractivity contribution is 7.97. The molecule has 0 atom stereocenters. The molecule has 0 bridgehead atoms. The molecule has 4 nitrogen and oxygen atoms in total. The van der Waals surface area contributed by atoms with Crippen molar-refractivity contribution < 1.29 is 9.21 Å². The number of nitrogens with zero attached hydrogens (tertiary/aromatic N) is 2. The number of aromatic nitrogens is 2. The lowest BCUT2D eigenvalue weighted by atomic mass is 10.5. The molecule has 0 aromatic carbocycles. The second-order valence-electron chi connectivity index (χ2n) is 2.15. The van der Waals surface area contributed by atoms with Crippen LogP contribution in [0.4, 0.5) is 0 Å². The van der Waals surface area contributed by atoms with Gasteiger partial charge in [0, 0.05) is 6.20 Å². The van der Waals surface area contributed by atoms with Crippen molar-refractivity contribution in [2.45, 2.75) is 0 Å². The Morgan fingerprint density at radius 2 is 2.42 bits per heavy atom. The highest BCUT2D eigenvalue weighted by Gasteiger charge is 2.09. The SMILES string of the molecule is O=C(S)c1nc2ncccc2o1. The Kier molecular flexibility index (Phi) is 1.58. The van der Waals surface area contributed by atoms with Crippen molar-refractivity contribution in [1.82, 2.24) is 9.97 Å². The van der Waals surface area contributed by atoms with Crippen molar-refractivity contribution in [3.63, 3.8) is 0 Å². The van der Waals surface area contributed by atoms with Crippen molar-refractivity contribution in [2.24, 2.45) is 0 Å². The molecule has 0 fully saturated rings. The van der Waals surface area contributed by atoms with E-state index < -0.39 is 5.12 Å². The van der Waals surface area contributed by atoms with Crippen LogP contribution in [-0.4, -0.2) is 15.1 Å². The molecule has 0 amide bonds. The quantitative estimate of drug-likeness (QED) is 0.672. The summed E-state index contributed by atoms with van der Waals surface area (Å²) in [5.74, 6) is -0.0213. The smallest absolute Gasteiger partial charge is 0.277 e. The van der Waals surface area contributed by atoms with Gasteiger partial charge in [0.1, 0.15) is 0 Å². The van der Waals surface area contributed by atoms with Crippen LogP contribution in [0.25, 0.3) is 11.2 Å². The van der Waals surface area contributed by atoms with E-state index in [1.807, 2.05) is 0 Å². The lowest BCUT2D eigenvalue weighted by Gasteiger charge is -1.79. The third-order valence-electron chi connectivity index (χ3n) is 1.35. The standard InChI is InChI=1S/C7H4N2O2S/c10-7(12)6-9-5-4(11-6)2-1-3-8-5/h1-3H,(H,10,12). The normalized spacial score (nSPS) is 10.4.